The number of hydrogen-bond donors (Lipinski definition) is 1. The number of aromatic amines is 1. The third-order valence-electron chi connectivity index (χ3n) is 3.69. The molecule has 2 aromatic heterocycles. The molecule has 1 aliphatic carbocycles. The van der Waals surface area contributed by atoms with Crippen molar-refractivity contribution in [2.45, 2.75) is 26.2 Å². The SMILES string of the molecule is Cc1cccc2[nH]c(-c3cc4c(s3)CCC4)nc12. The Kier molecular flexibility index (Phi) is 2.12. The minimum absolute atomic E-state index is 1.03. The maximum Gasteiger partial charge on any atom is 0.148 e. The van der Waals surface area contributed by atoms with Gasteiger partial charge in [0.05, 0.1) is 15.9 Å². The van der Waals surface area contributed by atoms with Crippen LogP contribution < -0.4 is 0 Å². The molecule has 0 aliphatic heterocycles. The van der Waals surface area contributed by atoms with Crippen LogP contribution in [0.5, 0.6) is 0 Å². The van der Waals surface area contributed by atoms with Crippen LogP contribution in [0.3, 0.4) is 0 Å². The van der Waals surface area contributed by atoms with Crippen LogP contribution in [0.2, 0.25) is 0 Å². The van der Waals surface area contributed by atoms with E-state index >= 15 is 0 Å². The second kappa shape index (κ2) is 3.69. The van der Waals surface area contributed by atoms with Crippen LogP contribution in [0.25, 0.3) is 21.7 Å². The van der Waals surface area contributed by atoms with Gasteiger partial charge in [0.15, 0.2) is 0 Å². The van der Waals surface area contributed by atoms with Gasteiger partial charge in [0.1, 0.15) is 5.82 Å². The molecule has 1 aromatic carbocycles. The Morgan fingerprint density at radius 1 is 1.28 bits per heavy atom. The fourth-order valence-corrected chi connectivity index (χ4v) is 3.94. The number of hydrogen-bond acceptors (Lipinski definition) is 2. The minimum Gasteiger partial charge on any atom is -0.337 e. The third kappa shape index (κ3) is 1.44. The summed E-state index contributed by atoms with van der Waals surface area (Å²) in [6.45, 7) is 2.11. The quantitative estimate of drug-likeness (QED) is 0.696. The van der Waals surface area contributed by atoms with Crippen molar-refractivity contribution in [3.8, 4) is 10.7 Å². The zero-order chi connectivity index (χ0) is 12.1. The van der Waals surface area contributed by atoms with Gasteiger partial charge in [-0.05, 0) is 49.4 Å². The Morgan fingerprint density at radius 2 is 2.22 bits per heavy atom. The molecule has 1 N–H and O–H groups in total. The van der Waals surface area contributed by atoms with E-state index in [1.807, 2.05) is 11.3 Å². The predicted octanol–water partition coefficient (Wildman–Crippen LogP) is 4.09. The molecule has 0 saturated heterocycles. The van der Waals surface area contributed by atoms with Crippen LogP contribution in [0.4, 0.5) is 0 Å². The van der Waals surface area contributed by atoms with Gasteiger partial charge >= 0.3 is 0 Å². The largest absolute Gasteiger partial charge is 0.337 e. The van der Waals surface area contributed by atoms with Gasteiger partial charge in [0.25, 0.3) is 0 Å². The Labute approximate surface area is 110 Å². The number of thiophene rings is 1. The summed E-state index contributed by atoms with van der Waals surface area (Å²) >= 11 is 1.90. The molecule has 0 atom stereocenters. The van der Waals surface area contributed by atoms with Crippen LogP contribution in [0.15, 0.2) is 24.3 Å². The van der Waals surface area contributed by atoms with E-state index in [0.29, 0.717) is 0 Å². The van der Waals surface area contributed by atoms with Crippen molar-refractivity contribution >= 4 is 22.4 Å². The van der Waals surface area contributed by atoms with Crippen LogP contribution >= 0.6 is 11.3 Å². The fourth-order valence-electron chi connectivity index (χ4n) is 2.74. The van der Waals surface area contributed by atoms with Crippen molar-refractivity contribution in [1.29, 1.82) is 0 Å². The molecule has 90 valence electrons. The molecular weight excluding hydrogens is 240 g/mol. The summed E-state index contributed by atoms with van der Waals surface area (Å²) in [5.41, 5.74) is 5.01. The average molecular weight is 254 g/mol. The molecule has 0 radical (unpaired) electrons. The zero-order valence-electron chi connectivity index (χ0n) is 10.3. The first-order valence-electron chi connectivity index (χ1n) is 6.38. The topological polar surface area (TPSA) is 28.7 Å². The first kappa shape index (κ1) is 10.3. The Balaban J connectivity index is 1.88. The highest BCUT2D eigenvalue weighted by Gasteiger charge is 2.17. The molecule has 0 amide bonds. The highest BCUT2D eigenvalue weighted by atomic mass is 32.1. The van der Waals surface area contributed by atoms with Crippen LogP contribution in [-0.2, 0) is 12.8 Å². The zero-order valence-corrected chi connectivity index (χ0v) is 11.1. The third-order valence-corrected chi connectivity index (χ3v) is 4.94. The first-order valence-corrected chi connectivity index (χ1v) is 7.20. The number of nitrogens with one attached hydrogen (secondary N) is 1. The number of aryl methyl sites for hydroxylation is 3. The Morgan fingerprint density at radius 3 is 3.06 bits per heavy atom. The lowest BCUT2D eigenvalue weighted by molar-refractivity contribution is 0.915. The van der Waals surface area contributed by atoms with Gasteiger partial charge in [-0.25, -0.2) is 4.98 Å². The summed E-state index contributed by atoms with van der Waals surface area (Å²) in [5, 5.41) is 0. The summed E-state index contributed by atoms with van der Waals surface area (Å²) in [6, 6.07) is 8.61. The number of rotatable bonds is 1. The number of imidazole rings is 1. The van der Waals surface area contributed by atoms with E-state index in [1.54, 1.807) is 4.88 Å². The average Bonchev–Trinajstić information content (AvgIpc) is 3.01. The molecule has 0 fully saturated rings. The van der Waals surface area contributed by atoms with Gasteiger partial charge in [-0.2, -0.15) is 0 Å². The van der Waals surface area contributed by atoms with Crippen molar-refractivity contribution in [3.63, 3.8) is 0 Å². The van der Waals surface area contributed by atoms with Crippen LogP contribution in [-0.4, -0.2) is 9.97 Å². The maximum atomic E-state index is 4.75. The second-order valence-corrected chi connectivity index (χ2v) is 6.11. The molecule has 0 spiro atoms. The molecule has 0 unspecified atom stereocenters. The number of nitrogens with zero attached hydrogens (tertiary/aromatic N) is 1. The van der Waals surface area contributed by atoms with E-state index in [-0.39, 0.29) is 0 Å². The number of fused-ring (bicyclic) bond motifs is 2. The molecule has 18 heavy (non-hydrogen) atoms. The van der Waals surface area contributed by atoms with E-state index in [1.165, 1.54) is 35.3 Å². The number of aromatic nitrogens is 2. The van der Waals surface area contributed by atoms with E-state index < -0.39 is 0 Å². The van der Waals surface area contributed by atoms with E-state index in [4.69, 9.17) is 4.98 Å². The summed E-state index contributed by atoms with van der Waals surface area (Å²) < 4.78 is 0. The molecule has 2 heterocycles. The van der Waals surface area contributed by atoms with E-state index in [9.17, 15) is 0 Å². The van der Waals surface area contributed by atoms with Crippen LogP contribution in [0.1, 0.15) is 22.4 Å². The van der Waals surface area contributed by atoms with Gasteiger partial charge in [0.2, 0.25) is 0 Å². The summed E-state index contributed by atoms with van der Waals surface area (Å²) in [7, 11) is 0. The van der Waals surface area contributed by atoms with Crippen LogP contribution in [0, 0.1) is 6.92 Å². The Bertz CT molecular complexity index is 715. The second-order valence-electron chi connectivity index (χ2n) is 4.97. The molecule has 3 aromatic rings. The lowest BCUT2D eigenvalue weighted by Gasteiger charge is -1.90. The number of benzene rings is 1. The molecule has 1 aliphatic rings. The normalized spacial score (nSPS) is 14.3. The smallest absolute Gasteiger partial charge is 0.148 e. The highest BCUT2D eigenvalue weighted by Crippen LogP contribution is 2.36. The molecule has 4 rings (SSSR count). The van der Waals surface area contributed by atoms with E-state index in [0.717, 1.165) is 16.9 Å². The van der Waals surface area contributed by atoms with Gasteiger partial charge in [0, 0.05) is 4.88 Å². The Hall–Kier alpha value is -1.61. The first-order chi connectivity index (χ1) is 8.81. The number of para-hydroxylation sites is 1. The van der Waals surface area contributed by atoms with Crippen molar-refractivity contribution in [3.05, 3.63) is 40.3 Å². The lowest BCUT2D eigenvalue weighted by atomic mass is 10.2. The molecule has 3 heteroatoms. The van der Waals surface area contributed by atoms with Gasteiger partial charge in [-0.15, -0.1) is 11.3 Å². The minimum atomic E-state index is 1.03. The fraction of sp³-hybridized carbons (Fsp3) is 0.267. The monoisotopic (exact) mass is 254 g/mol. The summed E-state index contributed by atoms with van der Waals surface area (Å²) in [4.78, 5) is 11.0. The molecule has 0 bridgehead atoms. The molecule has 0 saturated carbocycles. The van der Waals surface area contributed by atoms with Gasteiger partial charge < -0.3 is 4.98 Å². The van der Waals surface area contributed by atoms with Crippen molar-refractivity contribution in [2.75, 3.05) is 0 Å². The molecule has 2 nitrogen and oxygen atoms in total. The summed E-state index contributed by atoms with van der Waals surface area (Å²) in [6.07, 6.45) is 3.81. The van der Waals surface area contributed by atoms with Gasteiger partial charge in [-0.3, -0.25) is 0 Å². The standard InChI is InChI=1S/C15H14N2S/c1-9-4-2-6-11-14(9)17-15(16-11)13-8-10-5-3-7-12(10)18-13/h2,4,6,8H,3,5,7H2,1H3,(H,16,17). The lowest BCUT2D eigenvalue weighted by Crippen LogP contribution is -1.76. The van der Waals surface area contributed by atoms with E-state index in [2.05, 4.69) is 36.2 Å². The van der Waals surface area contributed by atoms with Gasteiger partial charge in [-0.1, -0.05) is 12.1 Å². The van der Waals surface area contributed by atoms with Crippen molar-refractivity contribution in [2.24, 2.45) is 0 Å². The van der Waals surface area contributed by atoms with Crippen molar-refractivity contribution in [1.82, 2.24) is 9.97 Å². The van der Waals surface area contributed by atoms with Crippen molar-refractivity contribution < 1.29 is 0 Å². The predicted molar refractivity (Wildman–Crippen MR) is 76.2 cm³/mol. The number of H-pyrrole nitrogens is 1. The maximum absolute atomic E-state index is 4.75. The highest BCUT2D eigenvalue weighted by molar-refractivity contribution is 7.15. The summed E-state index contributed by atoms with van der Waals surface area (Å²) in [5.74, 6) is 1.03. The molecular formula is C15H14N2S.